The van der Waals surface area contributed by atoms with Crippen LogP contribution in [0.1, 0.15) is 252 Å². The van der Waals surface area contributed by atoms with Crippen molar-refractivity contribution in [2.45, 2.75) is 258 Å². The highest BCUT2D eigenvalue weighted by Crippen LogP contribution is 2.13. The molecule has 0 aromatic rings. The number of rotatable bonds is 49. The largest absolute Gasteiger partial charge is 0.462 e. The molecule has 0 unspecified atom stereocenters. The Morgan fingerprint density at radius 1 is 0.299 bits per heavy atom. The van der Waals surface area contributed by atoms with Crippen LogP contribution >= 0.6 is 0 Å². The van der Waals surface area contributed by atoms with E-state index in [1.807, 2.05) is 6.08 Å². The van der Waals surface area contributed by atoms with Crippen molar-refractivity contribution in [2.24, 2.45) is 0 Å². The van der Waals surface area contributed by atoms with Gasteiger partial charge in [-0.1, -0.05) is 214 Å². The van der Waals surface area contributed by atoms with Crippen molar-refractivity contribution >= 4 is 17.9 Å². The van der Waals surface area contributed by atoms with E-state index in [9.17, 15) is 14.4 Å². The van der Waals surface area contributed by atoms with Gasteiger partial charge in [-0.05, 0) is 116 Å². The first kappa shape index (κ1) is 63.3. The molecule has 6 heteroatoms. The first-order valence-electron chi connectivity index (χ1n) is 27.7. The summed E-state index contributed by atoms with van der Waals surface area (Å²) in [4.78, 5) is 38.1. The molecule has 0 N–H and O–H groups in total. The summed E-state index contributed by atoms with van der Waals surface area (Å²) in [5.74, 6) is -1.02. The van der Waals surface area contributed by atoms with Gasteiger partial charge in [-0.2, -0.15) is 0 Å². The topological polar surface area (TPSA) is 78.9 Å². The summed E-state index contributed by atoms with van der Waals surface area (Å²) in [5, 5.41) is 0. The molecule has 0 radical (unpaired) electrons. The predicted molar refractivity (Wildman–Crippen MR) is 288 cm³/mol. The highest BCUT2D eigenvalue weighted by Gasteiger charge is 2.19. The number of hydrogen-bond acceptors (Lipinski definition) is 6. The third-order valence-corrected chi connectivity index (χ3v) is 11.5. The zero-order chi connectivity index (χ0) is 48.6. The molecule has 0 saturated heterocycles. The molecule has 6 nitrogen and oxygen atoms in total. The molecule has 0 aromatic carbocycles. The number of ether oxygens (including phenoxy) is 3. The molecule has 0 heterocycles. The summed E-state index contributed by atoms with van der Waals surface area (Å²) in [6.45, 7) is 6.49. The summed E-state index contributed by atoms with van der Waals surface area (Å²) in [5.41, 5.74) is 0. The minimum absolute atomic E-state index is 0.111. The van der Waals surface area contributed by atoms with Gasteiger partial charge >= 0.3 is 17.9 Å². The third-order valence-electron chi connectivity index (χ3n) is 11.5. The lowest BCUT2D eigenvalue weighted by Gasteiger charge is -2.18. The molecule has 0 fully saturated rings. The maximum absolute atomic E-state index is 12.8. The van der Waals surface area contributed by atoms with Gasteiger partial charge < -0.3 is 14.2 Å². The van der Waals surface area contributed by atoms with E-state index in [2.05, 4.69) is 112 Å². The minimum atomic E-state index is -0.819. The van der Waals surface area contributed by atoms with Crippen molar-refractivity contribution in [1.82, 2.24) is 0 Å². The Morgan fingerprint density at radius 3 is 0.970 bits per heavy atom. The normalized spacial score (nSPS) is 12.8. The Labute approximate surface area is 413 Å². The number of hydrogen-bond donors (Lipinski definition) is 0. The molecule has 67 heavy (non-hydrogen) atoms. The lowest BCUT2D eigenvalue weighted by Crippen LogP contribution is -2.30. The van der Waals surface area contributed by atoms with Gasteiger partial charge in [0.1, 0.15) is 13.2 Å². The fourth-order valence-electron chi connectivity index (χ4n) is 7.33. The van der Waals surface area contributed by atoms with Crippen molar-refractivity contribution in [3.05, 3.63) is 97.2 Å². The molecule has 0 spiro atoms. The lowest BCUT2D eigenvalue weighted by atomic mass is 10.1. The Hall–Kier alpha value is -3.67. The average molecular weight is 931 g/mol. The monoisotopic (exact) mass is 931 g/mol. The van der Waals surface area contributed by atoms with Crippen LogP contribution in [-0.2, 0) is 28.6 Å². The maximum atomic E-state index is 12.8. The van der Waals surface area contributed by atoms with Crippen molar-refractivity contribution in [3.8, 4) is 0 Å². The van der Waals surface area contributed by atoms with Gasteiger partial charge in [0.2, 0.25) is 0 Å². The number of esters is 3. The zero-order valence-corrected chi connectivity index (χ0v) is 43.6. The fraction of sp³-hybridized carbons (Fsp3) is 0.689. The smallest absolute Gasteiger partial charge is 0.306 e. The van der Waals surface area contributed by atoms with Gasteiger partial charge in [0.05, 0.1) is 0 Å². The minimum Gasteiger partial charge on any atom is -0.462 e. The second kappa shape index (κ2) is 54.9. The molecule has 1 atom stereocenters. The van der Waals surface area contributed by atoms with E-state index in [1.54, 1.807) is 0 Å². The van der Waals surface area contributed by atoms with Crippen LogP contribution < -0.4 is 0 Å². The van der Waals surface area contributed by atoms with Crippen LogP contribution in [0.4, 0.5) is 0 Å². The molecule has 0 saturated carbocycles. The van der Waals surface area contributed by atoms with Crippen LogP contribution in [0.15, 0.2) is 97.2 Å². The molecule has 0 amide bonds. The molecular formula is C61H102O6. The molecule has 0 rings (SSSR count). The van der Waals surface area contributed by atoms with Crippen molar-refractivity contribution in [3.63, 3.8) is 0 Å². The van der Waals surface area contributed by atoms with Crippen LogP contribution in [0, 0.1) is 0 Å². The molecule has 382 valence electrons. The Kier molecular flexibility index (Phi) is 51.9. The van der Waals surface area contributed by atoms with Gasteiger partial charge in [0, 0.05) is 19.3 Å². The summed E-state index contributed by atoms with van der Waals surface area (Å²) >= 11 is 0. The zero-order valence-electron chi connectivity index (χ0n) is 43.6. The van der Waals surface area contributed by atoms with Crippen molar-refractivity contribution in [1.29, 1.82) is 0 Å². The number of carbonyl (C=O) groups excluding carboxylic acids is 3. The predicted octanol–water partition coefficient (Wildman–Crippen LogP) is 18.5. The number of allylic oxidation sites excluding steroid dienone is 16. The Morgan fingerprint density at radius 2 is 0.567 bits per heavy atom. The number of carbonyl (C=O) groups is 3. The second-order valence-corrected chi connectivity index (χ2v) is 18.1. The van der Waals surface area contributed by atoms with E-state index >= 15 is 0 Å². The Bertz CT molecular complexity index is 1350. The Balaban J connectivity index is 4.54. The maximum Gasteiger partial charge on any atom is 0.306 e. The van der Waals surface area contributed by atoms with Crippen LogP contribution in [-0.4, -0.2) is 37.2 Å². The van der Waals surface area contributed by atoms with Gasteiger partial charge in [-0.25, -0.2) is 0 Å². The van der Waals surface area contributed by atoms with E-state index in [1.165, 1.54) is 103 Å². The second-order valence-electron chi connectivity index (χ2n) is 18.1. The molecular weight excluding hydrogens is 829 g/mol. The van der Waals surface area contributed by atoms with Gasteiger partial charge in [0.25, 0.3) is 0 Å². The van der Waals surface area contributed by atoms with E-state index in [4.69, 9.17) is 14.2 Å². The molecule has 0 aliphatic rings. The molecule has 0 aliphatic heterocycles. The number of unbranched alkanes of at least 4 members (excludes halogenated alkanes) is 22. The molecule has 0 aromatic heterocycles. The quantitative estimate of drug-likeness (QED) is 0.0262. The first-order valence-corrected chi connectivity index (χ1v) is 27.7. The SMILES string of the molecule is CCCCC/C=C\C/C=C\C/C=C\C/C=C\C/C=C\CCC(=O)OC[C@H](COC(=O)CCCCCCC/C=C\CCCCCCCC)OC(=O)CCCCCCC/C=C\C/C=C\CCCCC. The highest BCUT2D eigenvalue weighted by molar-refractivity contribution is 5.71. The van der Waals surface area contributed by atoms with Gasteiger partial charge in [0.15, 0.2) is 6.10 Å². The summed E-state index contributed by atoms with van der Waals surface area (Å²) in [6, 6.07) is 0. The summed E-state index contributed by atoms with van der Waals surface area (Å²) < 4.78 is 16.7. The fourth-order valence-corrected chi connectivity index (χ4v) is 7.33. The van der Waals surface area contributed by atoms with Crippen LogP contribution in [0.3, 0.4) is 0 Å². The average Bonchev–Trinajstić information content (AvgIpc) is 3.33. The first-order chi connectivity index (χ1) is 33.0. The van der Waals surface area contributed by atoms with E-state index < -0.39 is 6.10 Å². The standard InChI is InChI=1S/C61H102O6/c1-4-7-10-13-16-19-22-25-28-29-30-31-34-36-39-42-45-48-51-54-60(63)66-57-58(67-61(64)55-52-49-46-43-40-37-33-27-24-21-18-15-12-9-6-3)56-65-59(62)53-50-47-44-41-38-35-32-26-23-20-17-14-11-8-5-2/h16,18-19,21,25-28,30-33,36,39,45,48,58H,4-15,17,20,22-24,29,34-35,37-38,40-44,46-47,49-57H2,1-3H3/b19-16-,21-18-,28-25-,31-30-,32-26-,33-27-,39-36-,48-45-/t58-/m0/s1. The van der Waals surface area contributed by atoms with Crippen LogP contribution in [0.2, 0.25) is 0 Å². The van der Waals surface area contributed by atoms with E-state index in [-0.39, 0.29) is 37.5 Å². The molecule has 0 aliphatic carbocycles. The van der Waals surface area contributed by atoms with E-state index in [0.717, 1.165) is 103 Å². The highest BCUT2D eigenvalue weighted by atomic mass is 16.6. The summed E-state index contributed by atoms with van der Waals surface area (Å²) in [6.07, 6.45) is 72.6. The van der Waals surface area contributed by atoms with E-state index in [0.29, 0.717) is 19.3 Å². The van der Waals surface area contributed by atoms with Gasteiger partial charge in [-0.15, -0.1) is 0 Å². The van der Waals surface area contributed by atoms with Crippen LogP contribution in [0.25, 0.3) is 0 Å². The summed E-state index contributed by atoms with van der Waals surface area (Å²) in [7, 11) is 0. The van der Waals surface area contributed by atoms with Crippen molar-refractivity contribution < 1.29 is 28.6 Å². The molecule has 0 bridgehead atoms. The van der Waals surface area contributed by atoms with Crippen LogP contribution in [0.5, 0.6) is 0 Å². The third kappa shape index (κ3) is 53.2. The lowest BCUT2D eigenvalue weighted by molar-refractivity contribution is -0.166. The van der Waals surface area contributed by atoms with Gasteiger partial charge in [-0.3, -0.25) is 14.4 Å². The van der Waals surface area contributed by atoms with Crippen molar-refractivity contribution in [2.75, 3.05) is 13.2 Å².